The van der Waals surface area contributed by atoms with E-state index in [0.29, 0.717) is 5.41 Å². The molecule has 72 valence electrons. The summed E-state index contributed by atoms with van der Waals surface area (Å²) in [4.78, 5) is 2.27. The lowest BCUT2D eigenvalue weighted by molar-refractivity contribution is 0.185. The van der Waals surface area contributed by atoms with E-state index in [-0.39, 0.29) is 0 Å². The summed E-state index contributed by atoms with van der Waals surface area (Å²) in [6.45, 7) is 5.54. The molecule has 0 aromatic carbocycles. The number of nitrogens with zero attached hydrogens (tertiary/aromatic N) is 2. The molecular weight excluding hydrogens is 150 g/mol. The van der Waals surface area contributed by atoms with Gasteiger partial charge in [-0.15, -0.1) is 0 Å². The average molecular weight is 171 g/mol. The fraction of sp³-hybridized carbons (Fsp3) is 1.00. The Morgan fingerprint density at radius 1 is 1.50 bits per heavy atom. The number of hydrogen-bond donors (Lipinski definition) is 1. The van der Waals surface area contributed by atoms with Gasteiger partial charge in [0.25, 0.3) is 0 Å². The lowest BCUT2D eigenvalue weighted by Gasteiger charge is -2.30. The van der Waals surface area contributed by atoms with Crippen LogP contribution in [0.15, 0.2) is 0 Å². The van der Waals surface area contributed by atoms with E-state index in [9.17, 15) is 0 Å². The highest BCUT2D eigenvalue weighted by Gasteiger charge is 2.35. The van der Waals surface area contributed by atoms with Crippen LogP contribution in [0.4, 0.5) is 0 Å². The first-order valence-electron chi connectivity index (χ1n) is 4.72. The molecule has 0 aliphatic carbocycles. The van der Waals surface area contributed by atoms with Crippen LogP contribution in [0.5, 0.6) is 0 Å². The van der Waals surface area contributed by atoms with Crippen LogP contribution >= 0.6 is 0 Å². The Hall–Kier alpha value is -0.120. The van der Waals surface area contributed by atoms with Crippen LogP contribution in [-0.2, 0) is 0 Å². The van der Waals surface area contributed by atoms with E-state index in [0.717, 1.165) is 19.6 Å². The highest BCUT2D eigenvalue weighted by Crippen LogP contribution is 2.32. The lowest BCUT2D eigenvalue weighted by Crippen LogP contribution is -2.38. The first-order valence-corrected chi connectivity index (χ1v) is 4.72. The summed E-state index contributed by atoms with van der Waals surface area (Å²) in [6.07, 6.45) is 2.48. The largest absolute Gasteiger partial charge is 0.309 e. The van der Waals surface area contributed by atoms with Crippen molar-refractivity contribution in [1.29, 1.82) is 0 Å². The van der Waals surface area contributed by atoms with Crippen LogP contribution in [0, 0.1) is 5.41 Å². The highest BCUT2D eigenvalue weighted by atomic mass is 15.4. The standard InChI is InChI=1S/C9H21N3/c1-4-9(7-11(2)3)5-6-12(10)8-9/h4-8,10H2,1-3H3. The van der Waals surface area contributed by atoms with Crippen molar-refractivity contribution in [1.82, 2.24) is 9.91 Å². The quantitative estimate of drug-likeness (QED) is 0.628. The molecule has 0 aromatic rings. The normalized spacial score (nSPS) is 31.8. The molecule has 2 N–H and O–H groups in total. The predicted molar refractivity (Wildman–Crippen MR) is 51.7 cm³/mol. The second-order valence-corrected chi connectivity index (χ2v) is 4.31. The molecule has 12 heavy (non-hydrogen) atoms. The predicted octanol–water partition coefficient (Wildman–Crippen LogP) is 0.524. The van der Waals surface area contributed by atoms with Crippen molar-refractivity contribution < 1.29 is 0 Å². The van der Waals surface area contributed by atoms with Gasteiger partial charge in [-0.05, 0) is 32.4 Å². The van der Waals surface area contributed by atoms with Crippen molar-refractivity contribution in [2.75, 3.05) is 33.7 Å². The molecule has 3 nitrogen and oxygen atoms in total. The van der Waals surface area contributed by atoms with Gasteiger partial charge in [0.1, 0.15) is 0 Å². The highest BCUT2D eigenvalue weighted by molar-refractivity contribution is 4.88. The molecule has 1 saturated heterocycles. The first kappa shape index (κ1) is 9.96. The molecule has 0 aromatic heterocycles. The maximum Gasteiger partial charge on any atom is 0.0197 e. The van der Waals surface area contributed by atoms with Crippen LogP contribution in [0.3, 0.4) is 0 Å². The van der Waals surface area contributed by atoms with E-state index in [1.807, 2.05) is 5.01 Å². The molecule has 1 unspecified atom stereocenters. The Morgan fingerprint density at radius 2 is 2.17 bits per heavy atom. The molecule has 1 rings (SSSR count). The van der Waals surface area contributed by atoms with Gasteiger partial charge in [0.15, 0.2) is 0 Å². The van der Waals surface area contributed by atoms with Crippen molar-refractivity contribution in [3.05, 3.63) is 0 Å². The minimum atomic E-state index is 0.457. The summed E-state index contributed by atoms with van der Waals surface area (Å²) in [5, 5.41) is 1.95. The zero-order chi connectivity index (χ0) is 9.19. The lowest BCUT2D eigenvalue weighted by atomic mass is 9.84. The third-order valence-corrected chi connectivity index (χ3v) is 2.87. The number of hydrazine groups is 1. The maximum absolute atomic E-state index is 5.78. The fourth-order valence-electron chi connectivity index (χ4n) is 2.17. The fourth-order valence-corrected chi connectivity index (χ4v) is 2.17. The van der Waals surface area contributed by atoms with Gasteiger partial charge >= 0.3 is 0 Å². The second-order valence-electron chi connectivity index (χ2n) is 4.31. The molecule has 0 bridgehead atoms. The van der Waals surface area contributed by atoms with Crippen molar-refractivity contribution in [2.24, 2.45) is 11.3 Å². The Labute approximate surface area is 75.5 Å². The van der Waals surface area contributed by atoms with Crippen molar-refractivity contribution in [2.45, 2.75) is 19.8 Å². The molecule has 3 heteroatoms. The van der Waals surface area contributed by atoms with E-state index in [1.54, 1.807) is 0 Å². The molecule has 0 amide bonds. The number of rotatable bonds is 3. The molecule has 1 aliphatic rings. The average Bonchev–Trinajstić information content (AvgIpc) is 2.32. The minimum Gasteiger partial charge on any atom is -0.309 e. The van der Waals surface area contributed by atoms with E-state index in [1.165, 1.54) is 12.8 Å². The summed E-state index contributed by atoms with van der Waals surface area (Å²) >= 11 is 0. The summed E-state index contributed by atoms with van der Waals surface area (Å²) in [5.41, 5.74) is 0.457. The Morgan fingerprint density at radius 3 is 2.50 bits per heavy atom. The summed E-state index contributed by atoms with van der Waals surface area (Å²) in [5.74, 6) is 5.78. The van der Waals surface area contributed by atoms with Crippen molar-refractivity contribution in [3.63, 3.8) is 0 Å². The minimum absolute atomic E-state index is 0.457. The van der Waals surface area contributed by atoms with Crippen molar-refractivity contribution in [3.8, 4) is 0 Å². The summed E-state index contributed by atoms with van der Waals surface area (Å²) < 4.78 is 0. The maximum atomic E-state index is 5.78. The summed E-state index contributed by atoms with van der Waals surface area (Å²) in [7, 11) is 4.27. The number of hydrogen-bond acceptors (Lipinski definition) is 3. The zero-order valence-electron chi connectivity index (χ0n) is 8.51. The first-order chi connectivity index (χ1) is 5.58. The van der Waals surface area contributed by atoms with E-state index >= 15 is 0 Å². The van der Waals surface area contributed by atoms with Gasteiger partial charge in [-0.25, -0.2) is 5.01 Å². The third kappa shape index (κ3) is 2.19. The monoisotopic (exact) mass is 171 g/mol. The molecule has 0 radical (unpaired) electrons. The Kier molecular flexibility index (Phi) is 3.09. The second kappa shape index (κ2) is 3.73. The molecule has 1 aliphatic heterocycles. The molecule has 1 atom stereocenters. The molecule has 1 heterocycles. The smallest absolute Gasteiger partial charge is 0.0197 e. The van der Waals surface area contributed by atoms with Crippen molar-refractivity contribution >= 4 is 0 Å². The topological polar surface area (TPSA) is 32.5 Å². The SMILES string of the molecule is CCC1(CN(C)C)CCN(N)C1. The number of nitrogens with two attached hydrogens (primary N) is 1. The van der Waals surface area contributed by atoms with E-state index in [2.05, 4.69) is 25.9 Å². The van der Waals surface area contributed by atoms with E-state index < -0.39 is 0 Å². The van der Waals surface area contributed by atoms with Gasteiger partial charge in [0.05, 0.1) is 0 Å². The van der Waals surface area contributed by atoms with Gasteiger partial charge in [-0.3, -0.25) is 5.84 Å². The van der Waals surface area contributed by atoms with Gasteiger partial charge in [-0.1, -0.05) is 6.92 Å². The van der Waals surface area contributed by atoms with E-state index in [4.69, 9.17) is 5.84 Å². The van der Waals surface area contributed by atoms with Crippen LogP contribution in [0.2, 0.25) is 0 Å². The van der Waals surface area contributed by atoms with Gasteiger partial charge in [-0.2, -0.15) is 0 Å². The van der Waals surface area contributed by atoms with Gasteiger partial charge in [0, 0.05) is 19.6 Å². The zero-order valence-corrected chi connectivity index (χ0v) is 8.51. The van der Waals surface area contributed by atoms with Gasteiger partial charge in [0.2, 0.25) is 0 Å². The summed E-state index contributed by atoms with van der Waals surface area (Å²) in [6, 6.07) is 0. The third-order valence-electron chi connectivity index (χ3n) is 2.87. The molecule has 0 spiro atoms. The van der Waals surface area contributed by atoms with Crippen LogP contribution < -0.4 is 5.84 Å². The molecule has 1 fully saturated rings. The molecular formula is C9H21N3. The van der Waals surface area contributed by atoms with Gasteiger partial charge < -0.3 is 4.90 Å². The van der Waals surface area contributed by atoms with Crippen LogP contribution in [0.1, 0.15) is 19.8 Å². The Bertz CT molecular complexity index is 147. The Balaban J connectivity index is 2.52. The van der Waals surface area contributed by atoms with Crippen LogP contribution in [0.25, 0.3) is 0 Å². The van der Waals surface area contributed by atoms with Crippen LogP contribution in [-0.4, -0.2) is 43.6 Å². The molecule has 0 saturated carbocycles.